The highest BCUT2D eigenvalue weighted by Crippen LogP contribution is 2.37. The lowest BCUT2D eigenvalue weighted by Gasteiger charge is -2.19. The molecule has 6 rings (SSSR count). The lowest BCUT2D eigenvalue weighted by Crippen LogP contribution is -2.37. The van der Waals surface area contributed by atoms with Gasteiger partial charge >= 0.3 is 11.9 Å². The van der Waals surface area contributed by atoms with Crippen LogP contribution in [-0.4, -0.2) is 62.2 Å². The Morgan fingerprint density at radius 2 is 1.10 bits per heavy atom. The van der Waals surface area contributed by atoms with Crippen LogP contribution >= 0.6 is 23.2 Å². The van der Waals surface area contributed by atoms with Crippen molar-refractivity contribution in [2.45, 2.75) is 71.4 Å². The predicted octanol–water partition coefficient (Wildman–Crippen LogP) is 8.22. The van der Waals surface area contributed by atoms with Crippen molar-refractivity contribution in [3.05, 3.63) is 163 Å². The second-order valence-electron chi connectivity index (χ2n) is 16.0. The van der Waals surface area contributed by atoms with Gasteiger partial charge in [0.05, 0.1) is 39.0 Å². The second-order valence-corrected chi connectivity index (χ2v) is 16.8. The van der Waals surface area contributed by atoms with E-state index in [9.17, 15) is 40.5 Å². The van der Waals surface area contributed by atoms with Gasteiger partial charge in [-0.3, -0.25) is 9.59 Å². The number of aliphatic hydroxyl groups is 2. The SMILES string of the molecule is Cc1c(COc2cc(OCc3cccc(C#N)c3)c(CNC(CCO)C(=O)O)cc2Cl)cccc1-c1ccc(COc2cc(OCc3cccc(C#N)c3)c(CNC(CCO)C(=O)O)cc2Cl)n1C. The first-order valence-electron chi connectivity index (χ1n) is 21.8. The first kappa shape index (κ1) is 51.3. The first-order valence-corrected chi connectivity index (χ1v) is 22.6. The van der Waals surface area contributed by atoms with Crippen molar-refractivity contribution in [3.8, 4) is 46.4 Å². The number of aromatic nitrogens is 1. The molecule has 0 radical (unpaired) electrons. The molecule has 5 aromatic carbocycles. The van der Waals surface area contributed by atoms with E-state index in [1.54, 1.807) is 60.7 Å². The number of hydrogen-bond donors (Lipinski definition) is 6. The standard InChI is InChI=1S/C52H51Cl2N5O10/c1-32-37(30-68-49-22-47(66-28-35-8-3-6-33(18-35)24-55)38(20-42(49)53)26-57-44(14-16-60)51(62)63)10-5-11-41(32)46-13-12-40(59(46)2)31-69-50-23-48(67-29-36-9-4-7-34(19-36)25-56)39(21-43(50)54)27-58-45(15-17-61)52(64)65/h3-13,18-23,44-45,57-58,60-61H,14-17,26-31H2,1-2H3,(H,62,63)(H,64,65). The number of nitriles is 2. The van der Waals surface area contributed by atoms with Crippen LogP contribution in [0.2, 0.25) is 10.0 Å². The molecular weight excluding hydrogens is 926 g/mol. The lowest BCUT2D eigenvalue weighted by atomic mass is 10.0. The number of carbonyl (C=O) groups is 2. The van der Waals surface area contributed by atoms with Crippen LogP contribution in [0.4, 0.5) is 0 Å². The van der Waals surface area contributed by atoms with Gasteiger partial charge in [0, 0.05) is 67.9 Å². The van der Waals surface area contributed by atoms with Crippen molar-refractivity contribution in [1.82, 2.24) is 15.2 Å². The molecule has 0 spiro atoms. The highest BCUT2D eigenvalue weighted by Gasteiger charge is 2.21. The van der Waals surface area contributed by atoms with Crippen molar-refractivity contribution in [1.29, 1.82) is 10.5 Å². The summed E-state index contributed by atoms with van der Waals surface area (Å²) in [6, 6.07) is 32.7. The number of aliphatic hydroxyl groups excluding tert-OH is 2. The van der Waals surface area contributed by atoms with Gasteiger partial charge in [-0.2, -0.15) is 10.5 Å². The Bertz CT molecular complexity index is 2860. The zero-order valence-electron chi connectivity index (χ0n) is 37.9. The lowest BCUT2D eigenvalue weighted by molar-refractivity contribution is -0.140. The molecule has 0 saturated heterocycles. The van der Waals surface area contributed by atoms with Gasteiger partial charge < -0.3 is 54.6 Å². The van der Waals surface area contributed by atoms with E-state index in [1.807, 2.05) is 61.0 Å². The monoisotopic (exact) mass is 975 g/mol. The zero-order valence-corrected chi connectivity index (χ0v) is 39.4. The molecule has 15 nitrogen and oxygen atoms in total. The Hall–Kier alpha value is -7.08. The van der Waals surface area contributed by atoms with Crippen molar-refractivity contribution in [2.75, 3.05) is 13.2 Å². The van der Waals surface area contributed by atoms with Gasteiger partial charge in [0.25, 0.3) is 0 Å². The molecule has 69 heavy (non-hydrogen) atoms. The normalized spacial score (nSPS) is 11.8. The maximum Gasteiger partial charge on any atom is 0.320 e. The number of nitrogens with zero attached hydrogens (tertiary/aromatic N) is 3. The van der Waals surface area contributed by atoms with E-state index in [0.29, 0.717) is 45.3 Å². The number of aliphatic carboxylic acids is 2. The number of benzene rings is 5. The van der Waals surface area contributed by atoms with Gasteiger partial charge in [0.2, 0.25) is 0 Å². The van der Waals surface area contributed by atoms with Gasteiger partial charge in [-0.15, -0.1) is 0 Å². The number of carboxylic acids is 2. The van der Waals surface area contributed by atoms with Gasteiger partial charge in [-0.25, -0.2) is 0 Å². The molecule has 0 aliphatic rings. The zero-order chi connectivity index (χ0) is 49.5. The Labute approximate surface area is 409 Å². The molecule has 6 N–H and O–H groups in total. The summed E-state index contributed by atoms with van der Waals surface area (Å²) in [5.41, 5.74) is 8.13. The van der Waals surface area contributed by atoms with E-state index in [1.165, 1.54) is 0 Å². The highest BCUT2D eigenvalue weighted by atomic mass is 35.5. The molecule has 0 amide bonds. The molecule has 17 heteroatoms. The summed E-state index contributed by atoms with van der Waals surface area (Å²) in [4.78, 5) is 23.6. The molecule has 0 saturated carbocycles. The minimum Gasteiger partial charge on any atom is -0.488 e. The minimum absolute atomic E-state index is 0.00734. The summed E-state index contributed by atoms with van der Waals surface area (Å²) in [6.45, 7) is 2.04. The smallest absolute Gasteiger partial charge is 0.320 e. The third-order valence-corrected chi connectivity index (χ3v) is 11.9. The topological polar surface area (TPSA) is 229 Å². The number of rotatable bonds is 25. The molecule has 1 heterocycles. The summed E-state index contributed by atoms with van der Waals surface area (Å²) in [5, 5.41) is 63.3. The fourth-order valence-corrected chi connectivity index (χ4v) is 7.93. The van der Waals surface area contributed by atoms with Gasteiger partial charge in [-0.05, 0) is 90.6 Å². The third kappa shape index (κ3) is 13.8. The largest absolute Gasteiger partial charge is 0.488 e. The number of halogens is 2. The van der Waals surface area contributed by atoms with E-state index < -0.39 is 24.0 Å². The van der Waals surface area contributed by atoms with Crippen LogP contribution < -0.4 is 29.6 Å². The Kier molecular flexibility index (Phi) is 18.4. The molecule has 2 unspecified atom stereocenters. The molecule has 2 atom stereocenters. The van der Waals surface area contributed by atoms with E-state index in [-0.39, 0.29) is 75.6 Å². The summed E-state index contributed by atoms with van der Waals surface area (Å²) >= 11 is 13.5. The summed E-state index contributed by atoms with van der Waals surface area (Å²) in [5.74, 6) is -0.750. The Morgan fingerprint density at radius 1 is 0.623 bits per heavy atom. The Morgan fingerprint density at radius 3 is 1.58 bits per heavy atom. The van der Waals surface area contributed by atoms with Gasteiger partial charge in [0.15, 0.2) is 0 Å². The average molecular weight is 977 g/mol. The van der Waals surface area contributed by atoms with Crippen LogP contribution in [0.5, 0.6) is 23.0 Å². The van der Waals surface area contributed by atoms with E-state index >= 15 is 0 Å². The highest BCUT2D eigenvalue weighted by molar-refractivity contribution is 6.32. The number of hydrogen-bond acceptors (Lipinski definition) is 12. The summed E-state index contributed by atoms with van der Waals surface area (Å²) < 4.78 is 27.1. The molecular formula is C52H51Cl2N5O10. The van der Waals surface area contributed by atoms with Crippen molar-refractivity contribution in [2.24, 2.45) is 7.05 Å². The van der Waals surface area contributed by atoms with Crippen LogP contribution in [0, 0.1) is 29.6 Å². The quantitative estimate of drug-likeness (QED) is 0.0318. The third-order valence-electron chi connectivity index (χ3n) is 11.3. The first-order chi connectivity index (χ1) is 33.3. The fraction of sp³-hybridized carbons (Fsp3) is 0.269. The van der Waals surface area contributed by atoms with Gasteiger partial charge in [0.1, 0.15) is 61.5 Å². The molecule has 6 aromatic rings. The van der Waals surface area contributed by atoms with Crippen molar-refractivity contribution >= 4 is 35.1 Å². The van der Waals surface area contributed by atoms with E-state index in [0.717, 1.165) is 39.2 Å². The van der Waals surface area contributed by atoms with Crippen LogP contribution in [0.1, 0.15) is 63.0 Å². The van der Waals surface area contributed by atoms with Crippen molar-refractivity contribution < 1.29 is 49.0 Å². The predicted molar refractivity (Wildman–Crippen MR) is 258 cm³/mol. The molecule has 358 valence electrons. The Balaban J connectivity index is 1.19. The minimum atomic E-state index is -1.10. The average Bonchev–Trinajstić information content (AvgIpc) is 3.71. The summed E-state index contributed by atoms with van der Waals surface area (Å²) in [6.07, 6.45) is 0.0147. The number of ether oxygens (including phenoxy) is 4. The molecule has 0 fully saturated rings. The maximum atomic E-state index is 11.8. The van der Waals surface area contributed by atoms with Crippen LogP contribution in [-0.2, 0) is 56.2 Å². The van der Waals surface area contributed by atoms with Crippen LogP contribution in [0.25, 0.3) is 11.3 Å². The second kappa shape index (κ2) is 24.8. The maximum absolute atomic E-state index is 11.8. The molecule has 0 aliphatic heterocycles. The number of carboxylic acid groups (broad SMARTS) is 2. The number of nitrogens with one attached hydrogen (secondary N) is 2. The van der Waals surface area contributed by atoms with Gasteiger partial charge in [-0.1, -0.05) is 65.7 Å². The fourth-order valence-electron chi connectivity index (χ4n) is 7.45. The van der Waals surface area contributed by atoms with Crippen LogP contribution in [0.15, 0.2) is 103 Å². The van der Waals surface area contributed by atoms with E-state index in [4.69, 9.17) is 42.1 Å². The molecule has 1 aromatic heterocycles. The van der Waals surface area contributed by atoms with Crippen molar-refractivity contribution in [3.63, 3.8) is 0 Å². The van der Waals surface area contributed by atoms with Crippen LogP contribution in [0.3, 0.4) is 0 Å². The van der Waals surface area contributed by atoms with E-state index in [2.05, 4.69) is 22.8 Å². The molecule has 0 bridgehead atoms. The molecule has 0 aliphatic carbocycles. The summed E-state index contributed by atoms with van der Waals surface area (Å²) in [7, 11) is 1.93.